The van der Waals surface area contributed by atoms with Gasteiger partial charge in [-0.25, -0.2) is 10.2 Å². The highest BCUT2D eigenvalue weighted by atomic mass is 16.5. The van der Waals surface area contributed by atoms with Crippen LogP contribution in [0, 0.1) is 5.41 Å². The quantitative estimate of drug-likeness (QED) is 0.303. The van der Waals surface area contributed by atoms with Crippen molar-refractivity contribution in [2.24, 2.45) is 10.5 Å². The third kappa shape index (κ3) is 6.31. The number of carboxylic acid groups (broad SMARTS) is 1. The van der Waals surface area contributed by atoms with Gasteiger partial charge < -0.3 is 9.84 Å². The Labute approximate surface area is 118 Å². The van der Waals surface area contributed by atoms with Crippen molar-refractivity contribution in [2.75, 3.05) is 6.61 Å². The predicted molar refractivity (Wildman–Crippen MR) is 73.2 cm³/mol. The molecule has 7 nitrogen and oxygen atoms in total. The summed E-state index contributed by atoms with van der Waals surface area (Å²) in [6.45, 7) is 7.21. The lowest BCUT2D eigenvalue weighted by Gasteiger charge is -2.23. The number of aliphatic carboxylic acids is 1. The summed E-state index contributed by atoms with van der Waals surface area (Å²) in [5, 5.41) is 12.8. The number of rotatable bonds is 8. The van der Waals surface area contributed by atoms with Crippen LogP contribution in [0.2, 0.25) is 0 Å². The zero-order valence-corrected chi connectivity index (χ0v) is 12.4. The Morgan fingerprint density at radius 1 is 1.25 bits per heavy atom. The maximum absolute atomic E-state index is 11.4. The number of carboxylic acids is 1. The topological polar surface area (TPSA) is 105 Å². The summed E-state index contributed by atoms with van der Waals surface area (Å²) in [6.07, 6.45) is 0.917. The molecule has 114 valence electrons. The Kier molecular flexibility index (Phi) is 7.49. The molecule has 0 unspecified atom stereocenters. The molecule has 0 aliphatic rings. The summed E-state index contributed by atoms with van der Waals surface area (Å²) in [7, 11) is 0. The fourth-order valence-corrected chi connectivity index (χ4v) is 1.73. The molecule has 0 aromatic heterocycles. The lowest BCUT2D eigenvalue weighted by atomic mass is 9.83. The van der Waals surface area contributed by atoms with Crippen molar-refractivity contribution in [3.05, 3.63) is 0 Å². The van der Waals surface area contributed by atoms with Gasteiger partial charge in [-0.05, 0) is 13.3 Å². The number of amides is 1. The standard InChI is InChI=1S/C13H22N2O5/c1-5-7-13(3,4)11(12(18)19)15-14-9(16)8-10(17)20-6-2/h5-8H2,1-4H3,(H,14,16)(H,18,19). The SMILES string of the molecule is CCCC(C)(C)C(=NNC(=O)CC(=O)OCC)C(=O)O. The molecule has 20 heavy (non-hydrogen) atoms. The number of hydrazone groups is 1. The summed E-state index contributed by atoms with van der Waals surface area (Å²) in [4.78, 5) is 33.7. The number of carbonyl (C=O) groups is 3. The molecule has 7 heteroatoms. The molecule has 0 saturated carbocycles. The summed E-state index contributed by atoms with van der Waals surface area (Å²) >= 11 is 0. The highest BCUT2D eigenvalue weighted by Crippen LogP contribution is 2.24. The van der Waals surface area contributed by atoms with Crippen molar-refractivity contribution in [1.82, 2.24) is 5.43 Å². The van der Waals surface area contributed by atoms with Crippen molar-refractivity contribution in [1.29, 1.82) is 0 Å². The highest BCUT2D eigenvalue weighted by molar-refractivity contribution is 6.37. The first-order valence-corrected chi connectivity index (χ1v) is 6.50. The molecular formula is C13H22N2O5. The maximum Gasteiger partial charge on any atom is 0.352 e. The largest absolute Gasteiger partial charge is 0.477 e. The predicted octanol–water partition coefficient (Wildman–Crippen LogP) is 1.32. The minimum Gasteiger partial charge on any atom is -0.477 e. The molecule has 0 atom stereocenters. The van der Waals surface area contributed by atoms with Crippen LogP contribution in [-0.4, -0.2) is 35.3 Å². The number of esters is 1. The lowest BCUT2D eigenvalue weighted by Crippen LogP contribution is -2.35. The van der Waals surface area contributed by atoms with Gasteiger partial charge in [0.2, 0.25) is 0 Å². The number of nitrogens with zero attached hydrogens (tertiary/aromatic N) is 1. The molecule has 1 amide bonds. The maximum atomic E-state index is 11.4. The highest BCUT2D eigenvalue weighted by Gasteiger charge is 2.30. The molecule has 0 aliphatic heterocycles. The van der Waals surface area contributed by atoms with E-state index in [4.69, 9.17) is 5.11 Å². The van der Waals surface area contributed by atoms with E-state index in [2.05, 4.69) is 15.3 Å². The Morgan fingerprint density at radius 2 is 1.85 bits per heavy atom. The third-order valence-corrected chi connectivity index (χ3v) is 2.62. The summed E-state index contributed by atoms with van der Waals surface area (Å²) in [5.41, 5.74) is 1.27. The van der Waals surface area contributed by atoms with E-state index in [1.54, 1.807) is 20.8 Å². The number of hydrogen-bond donors (Lipinski definition) is 2. The van der Waals surface area contributed by atoms with Gasteiger partial charge in [-0.1, -0.05) is 27.2 Å². The Morgan fingerprint density at radius 3 is 2.30 bits per heavy atom. The van der Waals surface area contributed by atoms with Gasteiger partial charge in [-0.15, -0.1) is 0 Å². The van der Waals surface area contributed by atoms with E-state index in [0.717, 1.165) is 6.42 Å². The van der Waals surface area contributed by atoms with E-state index in [1.807, 2.05) is 6.92 Å². The number of hydrogen-bond acceptors (Lipinski definition) is 5. The van der Waals surface area contributed by atoms with Gasteiger partial charge in [-0.2, -0.15) is 5.10 Å². The molecule has 0 aromatic carbocycles. The van der Waals surface area contributed by atoms with E-state index >= 15 is 0 Å². The van der Waals surface area contributed by atoms with E-state index in [9.17, 15) is 14.4 Å². The second-order valence-electron chi connectivity index (χ2n) is 4.92. The van der Waals surface area contributed by atoms with Crippen LogP contribution in [0.25, 0.3) is 0 Å². The number of ether oxygens (including phenoxy) is 1. The average Bonchev–Trinajstić information content (AvgIpc) is 2.27. The zero-order chi connectivity index (χ0) is 15.8. The van der Waals surface area contributed by atoms with Crippen LogP contribution in [0.5, 0.6) is 0 Å². The molecule has 0 bridgehead atoms. The first kappa shape index (κ1) is 18.1. The van der Waals surface area contributed by atoms with Crippen molar-refractivity contribution in [3.8, 4) is 0 Å². The molecular weight excluding hydrogens is 264 g/mol. The summed E-state index contributed by atoms with van der Waals surface area (Å²) < 4.78 is 4.61. The van der Waals surface area contributed by atoms with Crippen LogP contribution >= 0.6 is 0 Å². The second kappa shape index (κ2) is 8.29. The fourth-order valence-electron chi connectivity index (χ4n) is 1.73. The van der Waals surface area contributed by atoms with Gasteiger partial charge in [-0.3, -0.25) is 9.59 Å². The summed E-state index contributed by atoms with van der Waals surface area (Å²) in [5.74, 6) is -2.57. The van der Waals surface area contributed by atoms with Crippen LogP contribution in [0.4, 0.5) is 0 Å². The van der Waals surface area contributed by atoms with Crippen LogP contribution in [-0.2, 0) is 19.1 Å². The molecule has 2 N–H and O–H groups in total. The van der Waals surface area contributed by atoms with Crippen LogP contribution in [0.1, 0.15) is 47.0 Å². The summed E-state index contributed by atoms with van der Waals surface area (Å²) in [6, 6.07) is 0. The van der Waals surface area contributed by atoms with E-state index in [1.165, 1.54) is 0 Å². The van der Waals surface area contributed by atoms with Gasteiger partial charge in [0.15, 0.2) is 5.71 Å². The molecule has 0 spiro atoms. The van der Waals surface area contributed by atoms with Crippen molar-refractivity contribution >= 4 is 23.6 Å². The van der Waals surface area contributed by atoms with Crippen molar-refractivity contribution in [3.63, 3.8) is 0 Å². The van der Waals surface area contributed by atoms with Gasteiger partial charge in [0.25, 0.3) is 5.91 Å². The monoisotopic (exact) mass is 286 g/mol. The molecule has 0 aromatic rings. The molecule has 0 radical (unpaired) electrons. The van der Waals surface area contributed by atoms with Crippen LogP contribution in [0.15, 0.2) is 5.10 Å². The van der Waals surface area contributed by atoms with Gasteiger partial charge in [0.05, 0.1) is 6.61 Å². The van der Waals surface area contributed by atoms with E-state index < -0.39 is 29.7 Å². The number of nitrogens with one attached hydrogen (secondary N) is 1. The first-order valence-electron chi connectivity index (χ1n) is 6.50. The number of carbonyl (C=O) groups excluding carboxylic acids is 2. The van der Waals surface area contributed by atoms with E-state index in [-0.39, 0.29) is 12.3 Å². The molecule has 0 rings (SSSR count). The second-order valence-corrected chi connectivity index (χ2v) is 4.92. The Bertz CT molecular complexity index is 402. The molecule has 0 aliphatic carbocycles. The molecule has 0 heterocycles. The lowest BCUT2D eigenvalue weighted by molar-refractivity contribution is -0.146. The smallest absolute Gasteiger partial charge is 0.352 e. The molecule has 0 fully saturated rings. The van der Waals surface area contributed by atoms with Gasteiger partial charge in [0.1, 0.15) is 6.42 Å². The Hall–Kier alpha value is -1.92. The normalized spacial score (nSPS) is 11.9. The first-order chi connectivity index (χ1) is 9.24. The van der Waals surface area contributed by atoms with Gasteiger partial charge in [0, 0.05) is 5.41 Å². The van der Waals surface area contributed by atoms with Crippen LogP contribution < -0.4 is 5.43 Å². The van der Waals surface area contributed by atoms with Crippen molar-refractivity contribution < 1.29 is 24.2 Å². The fraction of sp³-hybridized carbons (Fsp3) is 0.692. The van der Waals surface area contributed by atoms with Gasteiger partial charge >= 0.3 is 11.9 Å². The van der Waals surface area contributed by atoms with Crippen LogP contribution in [0.3, 0.4) is 0 Å². The average molecular weight is 286 g/mol. The minimum atomic E-state index is -1.19. The minimum absolute atomic E-state index is 0.142. The third-order valence-electron chi connectivity index (χ3n) is 2.62. The van der Waals surface area contributed by atoms with E-state index in [0.29, 0.717) is 6.42 Å². The molecule has 0 saturated heterocycles. The Balaban J connectivity index is 4.76. The zero-order valence-electron chi connectivity index (χ0n) is 12.4. The van der Waals surface area contributed by atoms with Crippen molar-refractivity contribution in [2.45, 2.75) is 47.0 Å².